The summed E-state index contributed by atoms with van der Waals surface area (Å²) < 4.78 is 0. The molecule has 1 amide bonds. The minimum absolute atomic E-state index is 0.0585. The number of likely N-dealkylation sites (N-methyl/N-ethyl adjacent to an activating group) is 1. The number of carbonyl (C=O) groups is 1. The van der Waals surface area contributed by atoms with E-state index in [0.717, 1.165) is 11.4 Å². The van der Waals surface area contributed by atoms with Gasteiger partial charge in [0.15, 0.2) is 0 Å². The Morgan fingerprint density at radius 3 is 2.24 bits per heavy atom. The average molecular weight is 284 g/mol. The van der Waals surface area contributed by atoms with Crippen LogP contribution in [0, 0.1) is 0 Å². The fraction of sp³-hybridized carbons (Fsp3) is 0.188. The number of amides is 1. The summed E-state index contributed by atoms with van der Waals surface area (Å²) in [5.41, 5.74) is 1.67. The summed E-state index contributed by atoms with van der Waals surface area (Å²) in [6.07, 6.45) is 0. The van der Waals surface area contributed by atoms with Gasteiger partial charge >= 0.3 is 0 Å². The van der Waals surface area contributed by atoms with Crippen molar-refractivity contribution in [1.29, 1.82) is 0 Å². The van der Waals surface area contributed by atoms with Crippen LogP contribution in [-0.4, -0.2) is 36.3 Å². The quantitative estimate of drug-likeness (QED) is 0.842. The Morgan fingerprint density at radius 2 is 1.57 bits per heavy atom. The van der Waals surface area contributed by atoms with Crippen LogP contribution in [0.1, 0.15) is 10.4 Å². The third-order valence-corrected chi connectivity index (χ3v) is 3.72. The summed E-state index contributed by atoms with van der Waals surface area (Å²) in [5, 5.41) is 19.7. The van der Waals surface area contributed by atoms with E-state index < -0.39 is 5.91 Å². The molecular weight excluding hydrogens is 268 g/mol. The fourth-order valence-electron chi connectivity index (χ4n) is 2.60. The number of nitrogens with zero attached hydrogens (tertiary/aromatic N) is 2. The van der Waals surface area contributed by atoms with Crippen LogP contribution < -0.4 is 9.80 Å². The van der Waals surface area contributed by atoms with Crippen molar-refractivity contribution in [3.8, 4) is 11.5 Å². The highest BCUT2D eigenvalue weighted by Gasteiger charge is 2.28. The molecule has 0 radical (unpaired) electrons. The molecule has 5 nitrogen and oxygen atoms in total. The maximum atomic E-state index is 12.7. The summed E-state index contributed by atoms with van der Waals surface area (Å²) in [4.78, 5) is 16.4. The van der Waals surface area contributed by atoms with Gasteiger partial charge in [-0.25, -0.2) is 0 Å². The van der Waals surface area contributed by atoms with Crippen molar-refractivity contribution in [1.82, 2.24) is 0 Å². The highest BCUT2D eigenvalue weighted by atomic mass is 16.3. The van der Waals surface area contributed by atoms with Gasteiger partial charge in [-0.1, -0.05) is 18.2 Å². The number of para-hydroxylation sites is 2. The van der Waals surface area contributed by atoms with E-state index in [1.165, 1.54) is 18.2 Å². The van der Waals surface area contributed by atoms with E-state index in [-0.39, 0.29) is 17.1 Å². The van der Waals surface area contributed by atoms with Crippen LogP contribution in [0.3, 0.4) is 0 Å². The summed E-state index contributed by atoms with van der Waals surface area (Å²) in [7, 11) is 1.97. The zero-order chi connectivity index (χ0) is 15.0. The number of hydrogen-bond donors (Lipinski definition) is 2. The molecule has 1 aliphatic heterocycles. The zero-order valence-electron chi connectivity index (χ0n) is 11.7. The molecule has 0 aromatic heterocycles. The van der Waals surface area contributed by atoms with Gasteiger partial charge in [0.1, 0.15) is 17.1 Å². The smallest absolute Gasteiger partial charge is 0.265 e. The van der Waals surface area contributed by atoms with Crippen molar-refractivity contribution in [2.45, 2.75) is 0 Å². The Morgan fingerprint density at radius 1 is 0.952 bits per heavy atom. The number of anilines is 2. The Kier molecular flexibility index (Phi) is 3.17. The zero-order valence-corrected chi connectivity index (χ0v) is 11.7. The first-order chi connectivity index (χ1) is 10.1. The monoisotopic (exact) mass is 284 g/mol. The molecule has 21 heavy (non-hydrogen) atoms. The Balaban J connectivity index is 2.06. The first-order valence-corrected chi connectivity index (χ1v) is 6.72. The first kappa shape index (κ1) is 13.3. The number of phenols is 2. The molecule has 5 heteroatoms. The van der Waals surface area contributed by atoms with E-state index in [2.05, 4.69) is 4.90 Å². The first-order valence-electron chi connectivity index (χ1n) is 6.72. The number of fused-ring (bicyclic) bond motifs is 1. The maximum absolute atomic E-state index is 12.7. The highest BCUT2D eigenvalue weighted by Crippen LogP contribution is 2.35. The molecule has 108 valence electrons. The van der Waals surface area contributed by atoms with Crippen molar-refractivity contribution < 1.29 is 15.0 Å². The molecule has 1 heterocycles. The van der Waals surface area contributed by atoms with E-state index >= 15 is 0 Å². The second kappa shape index (κ2) is 5.01. The van der Waals surface area contributed by atoms with Crippen molar-refractivity contribution >= 4 is 17.3 Å². The van der Waals surface area contributed by atoms with E-state index in [1.54, 1.807) is 4.90 Å². The number of benzene rings is 2. The third-order valence-electron chi connectivity index (χ3n) is 3.72. The topological polar surface area (TPSA) is 64.0 Å². The Hall–Kier alpha value is -2.69. The van der Waals surface area contributed by atoms with Gasteiger partial charge in [-0.2, -0.15) is 0 Å². The lowest BCUT2D eigenvalue weighted by Crippen LogP contribution is -2.42. The van der Waals surface area contributed by atoms with Crippen LogP contribution in [0.2, 0.25) is 0 Å². The number of rotatable bonds is 1. The van der Waals surface area contributed by atoms with Crippen molar-refractivity contribution in [3.05, 3.63) is 48.0 Å². The molecule has 0 saturated heterocycles. The van der Waals surface area contributed by atoms with E-state index in [4.69, 9.17) is 0 Å². The van der Waals surface area contributed by atoms with Gasteiger partial charge in [0.2, 0.25) is 0 Å². The molecule has 0 atom stereocenters. The standard InChI is InChI=1S/C16H16N2O3/c1-17-9-10-18(12-6-3-2-5-11(12)17)16(21)15-13(19)7-4-8-14(15)20/h2-8,19-20H,9-10H2,1H3. The van der Waals surface area contributed by atoms with E-state index in [9.17, 15) is 15.0 Å². The highest BCUT2D eigenvalue weighted by molar-refractivity contribution is 6.11. The molecule has 2 N–H and O–H groups in total. The second-order valence-corrected chi connectivity index (χ2v) is 5.04. The fourth-order valence-corrected chi connectivity index (χ4v) is 2.60. The molecule has 0 spiro atoms. The number of phenolic OH excluding ortho intramolecular Hbond substituents is 2. The molecule has 2 aromatic rings. The largest absolute Gasteiger partial charge is 0.507 e. The third kappa shape index (κ3) is 2.16. The number of aromatic hydroxyl groups is 2. The minimum atomic E-state index is -0.397. The lowest BCUT2D eigenvalue weighted by molar-refractivity contribution is 0.0981. The van der Waals surface area contributed by atoms with Gasteiger partial charge in [-0.3, -0.25) is 4.79 Å². The Bertz CT molecular complexity index is 679. The van der Waals surface area contributed by atoms with Gasteiger partial charge in [-0.05, 0) is 24.3 Å². The van der Waals surface area contributed by atoms with Gasteiger partial charge in [0, 0.05) is 20.1 Å². The summed E-state index contributed by atoms with van der Waals surface area (Å²) in [6, 6.07) is 11.9. The van der Waals surface area contributed by atoms with Gasteiger partial charge in [-0.15, -0.1) is 0 Å². The molecule has 0 fully saturated rings. The van der Waals surface area contributed by atoms with E-state index in [1.807, 2.05) is 31.3 Å². The lowest BCUT2D eigenvalue weighted by Gasteiger charge is -2.35. The molecule has 0 unspecified atom stereocenters. The molecule has 2 aromatic carbocycles. The van der Waals surface area contributed by atoms with Gasteiger partial charge in [0.05, 0.1) is 11.4 Å². The lowest BCUT2D eigenvalue weighted by atomic mass is 10.1. The molecule has 0 aliphatic carbocycles. The van der Waals surface area contributed by atoms with Crippen LogP contribution in [0.4, 0.5) is 11.4 Å². The van der Waals surface area contributed by atoms with Gasteiger partial charge < -0.3 is 20.0 Å². The van der Waals surface area contributed by atoms with Crippen LogP contribution in [0.15, 0.2) is 42.5 Å². The number of carbonyl (C=O) groups excluding carboxylic acids is 1. The molecule has 3 rings (SSSR count). The van der Waals surface area contributed by atoms with E-state index in [0.29, 0.717) is 13.1 Å². The molecule has 0 bridgehead atoms. The number of hydrogen-bond acceptors (Lipinski definition) is 4. The summed E-state index contributed by atoms with van der Waals surface area (Å²) >= 11 is 0. The molecule has 0 saturated carbocycles. The SMILES string of the molecule is CN1CCN(C(=O)c2c(O)cccc2O)c2ccccc21. The van der Waals surface area contributed by atoms with Crippen LogP contribution in [0.5, 0.6) is 11.5 Å². The van der Waals surface area contributed by atoms with Crippen LogP contribution in [0.25, 0.3) is 0 Å². The molecule has 1 aliphatic rings. The second-order valence-electron chi connectivity index (χ2n) is 5.04. The van der Waals surface area contributed by atoms with Crippen molar-refractivity contribution in [3.63, 3.8) is 0 Å². The normalized spacial score (nSPS) is 14.0. The minimum Gasteiger partial charge on any atom is -0.507 e. The predicted octanol–water partition coefficient (Wildman–Crippen LogP) is 2.19. The van der Waals surface area contributed by atoms with Crippen LogP contribution in [-0.2, 0) is 0 Å². The average Bonchev–Trinajstić information content (AvgIpc) is 2.47. The Labute approximate surface area is 122 Å². The summed E-state index contributed by atoms with van der Waals surface area (Å²) in [6.45, 7) is 1.19. The van der Waals surface area contributed by atoms with Crippen molar-refractivity contribution in [2.24, 2.45) is 0 Å². The summed E-state index contributed by atoms with van der Waals surface area (Å²) in [5.74, 6) is -0.820. The maximum Gasteiger partial charge on any atom is 0.265 e. The van der Waals surface area contributed by atoms with Gasteiger partial charge in [0.25, 0.3) is 5.91 Å². The van der Waals surface area contributed by atoms with Crippen LogP contribution >= 0.6 is 0 Å². The van der Waals surface area contributed by atoms with Crippen molar-refractivity contribution in [2.75, 3.05) is 29.9 Å². The molecular formula is C16H16N2O3. The predicted molar refractivity (Wildman–Crippen MR) is 81.2 cm³/mol.